The molecule has 0 radical (unpaired) electrons. The summed E-state index contributed by atoms with van der Waals surface area (Å²) < 4.78 is 31.9. The molecule has 7 heteroatoms. The van der Waals surface area contributed by atoms with Crippen LogP contribution in [0.1, 0.15) is 23.7 Å². The zero-order valence-electron chi connectivity index (χ0n) is 13.6. The van der Waals surface area contributed by atoms with E-state index in [1.54, 1.807) is 31.2 Å². The zero-order chi connectivity index (χ0) is 18.2. The highest BCUT2D eigenvalue weighted by molar-refractivity contribution is 5.96. The SMILES string of the molecule is CCOC(=O)c1ccccc1NCCC(=O)Nc1c(F)cccc1F. The molecular weight excluding hydrogens is 330 g/mol. The van der Waals surface area contributed by atoms with Gasteiger partial charge < -0.3 is 15.4 Å². The average Bonchev–Trinajstić information content (AvgIpc) is 2.59. The quantitative estimate of drug-likeness (QED) is 0.751. The van der Waals surface area contributed by atoms with Gasteiger partial charge in [0.15, 0.2) is 0 Å². The number of hydrogen-bond acceptors (Lipinski definition) is 4. The van der Waals surface area contributed by atoms with Gasteiger partial charge in [-0.25, -0.2) is 13.6 Å². The Labute approximate surface area is 144 Å². The van der Waals surface area contributed by atoms with Gasteiger partial charge in [0.25, 0.3) is 0 Å². The van der Waals surface area contributed by atoms with Crippen LogP contribution in [0.5, 0.6) is 0 Å². The van der Waals surface area contributed by atoms with Gasteiger partial charge in [0, 0.05) is 18.7 Å². The molecular formula is C18H18F2N2O3. The summed E-state index contributed by atoms with van der Waals surface area (Å²) in [5, 5.41) is 5.15. The Hall–Kier alpha value is -2.96. The second-order valence-electron chi connectivity index (χ2n) is 5.09. The van der Waals surface area contributed by atoms with Gasteiger partial charge in [-0.05, 0) is 31.2 Å². The highest BCUT2D eigenvalue weighted by atomic mass is 19.1. The number of carbonyl (C=O) groups excluding carboxylic acids is 2. The molecule has 0 saturated carbocycles. The number of esters is 1. The topological polar surface area (TPSA) is 67.4 Å². The molecule has 0 heterocycles. The molecule has 2 rings (SSSR count). The Balaban J connectivity index is 1.93. The van der Waals surface area contributed by atoms with E-state index < -0.39 is 29.2 Å². The first-order chi connectivity index (χ1) is 12.0. The van der Waals surface area contributed by atoms with Crippen molar-refractivity contribution in [3.63, 3.8) is 0 Å². The maximum absolute atomic E-state index is 13.5. The molecule has 0 aromatic heterocycles. The molecule has 2 aromatic carbocycles. The predicted molar refractivity (Wildman–Crippen MR) is 90.5 cm³/mol. The maximum Gasteiger partial charge on any atom is 0.340 e. The monoisotopic (exact) mass is 348 g/mol. The van der Waals surface area contributed by atoms with Crippen molar-refractivity contribution in [1.29, 1.82) is 0 Å². The molecule has 0 spiro atoms. The van der Waals surface area contributed by atoms with Gasteiger partial charge in [0.05, 0.1) is 12.2 Å². The fraction of sp³-hybridized carbons (Fsp3) is 0.222. The maximum atomic E-state index is 13.5. The zero-order valence-corrected chi connectivity index (χ0v) is 13.6. The van der Waals surface area contributed by atoms with Gasteiger partial charge in [-0.15, -0.1) is 0 Å². The number of rotatable bonds is 7. The van der Waals surface area contributed by atoms with Crippen LogP contribution in [0, 0.1) is 11.6 Å². The summed E-state index contributed by atoms with van der Waals surface area (Å²) in [6.45, 7) is 2.14. The van der Waals surface area contributed by atoms with Gasteiger partial charge in [0.1, 0.15) is 17.3 Å². The smallest absolute Gasteiger partial charge is 0.340 e. The number of para-hydroxylation sites is 2. The Bertz CT molecular complexity index is 745. The molecule has 2 N–H and O–H groups in total. The lowest BCUT2D eigenvalue weighted by Crippen LogP contribution is -2.18. The van der Waals surface area contributed by atoms with Crippen LogP contribution in [0.2, 0.25) is 0 Å². The molecule has 25 heavy (non-hydrogen) atoms. The Kier molecular flexibility index (Phi) is 6.45. The summed E-state index contributed by atoms with van der Waals surface area (Å²) in [6.07, 6.45) is -0.0368. The Morgan fingerprint density at radius 2 is 1.72 bits per heavy atom. The Morgan fingerprint density at radius 3 is 2.40 bits per heavy atom. The van der Waals surface area contributed by atoms with Gasteiger partial charge in [0.2, 0.25) is 5.91 Å². The minimum Gasteiger partial charge on any atom is -0.462 e. The largest absolute Gasteiger partial charge is 0.462 e. The molecule has 0 saturated heterocycles. The third-order valence-corrected chi connectivity index (χ3v) is 3.32. The van der Waals surface area contributed by atoms with E-state index in [1.807, 2.05) is 0 Å². The van der Waals surface area contributed by atoms with Gasteiger partial charge in [-0.3, -0.25) is 4.79 Å². The molecule has 0 aliphatic heterocycles. The number of halogens is 2. The standard InChI is InChI=1S/C18H18F2N2O3/c1-2-25-18(24)12-6-3-4-9-15(12)21-11-10-16(23)22-17-13(19)7-5-8-14(17)20/h3-9,21H,2,10-11H2,1H3,(H,22,23). The number of anilines is 2. The van der Waals surface area contributed by atoms with Gasteiger partial charge in [-0.2, -0.15) is 0 Å². The first-order valence-corrected chi connectivity index (χ1v) is 7.76. The molecule has 0 fully saturated rings. The third kappa shape index (κ3) is 5.00. The van der Waals surface area contributed by atoms with E-state index in [9.17, 15) is 18.4 Å². The fourth-order valence-electron chi connectivity index (χ4n) is 2.15. The van der Waals surface area contributed by atoms with E-state index in [2.05, 4.69) is 10.6 Å². The molecule has 0 atom stereocenters. The second-order valence-corrected chi connectivity index (χ2v) is 5.09. The molecule has 0 aliphatic rings. The number of hydrogen-bond donors (Lipinski definition) is 2. The number of benzene rings is 2. The minimum absolute atomic E-state index is 0.0368. The molecule has 0 aliphatic carbocycles. The number of ether oxygens (including phenoxy) is 1. The van der Waals surface area contributed by atoms with Gasteiger partial charge in [-0.1, -0.05) is 18.2 Å². The van der Waals surface area contributed by atoms with Crippen LogP contribution >= 0.6 is 0 Å². The fourth-order valence-corrected chi connectivity index (χ4v) is 2.15. The minimum atomic E-state index is -0.839. The average molecular weight is 348 g/mol. The predicted octanol–water partition coefficient (Wildman–Crippen LogP) is 3.58. The van der Waals surface area contributed by atoms with Crippen molar-refractivity contribution in [2.45, 2.75) is 13.3 Å². The van der Waals surface area contributed by atoms with Crippen molar-refractivity contribution in [3.05, 3.63) is 59.7 Å². The van der Waals surface area contributed by atoms with Crippen molar-refractivity contribution in [2.75, 3.05) is 23.8 Å². The summed E-state index contributed by atoms with van der Waals surface area (Å²) >= 11 is 0. The van der Waals surface area contributed by atoms with E-state index in [0.29, 0.717) is 11.3 Å². The van der Waals surface area contributed by atoms with Crippen molar-refractivity contribution in [1.82, 2.24) is 0 Å². The van der Waals surface area contributed by atoms with E-state index in [0.717, 1.165) is 12.1 Å². The summed E-state index contributed by atoms with van der Waals surface area (Å²) in [5.41, 5.74) is 0.398. The summed E-state index contributed by atoms with van der Waals surface area (Å²) in [5.74, 6) is -2.70. The van der Waals surface area contributed by atoms with Crippen LogP contribution in [-0.4, -0.2) is 25.0 Å². The van der Waals surface area contributed by atoms with E-state index in [-0.39, 0.29) is 19.6 Å². The summed E-state index contributed by atoms with van der Waals surface area (Å²) in [7, 11) is 0. The first kappa shape index (κ1) is 18.4. The highest BCUT2D eigenvalue weighted by Crippen LogP contribution is 2.19. The summed E-state index contributed by atoms with van der Waals surface area (Å²) in [4.78, 5) is 23.7. The first-order valence-electron chi connectivity index (χ1n) is 7.76. The van der Waals surface area contributed by atoms with Crippen LogP contribution in [-0.2, 0) is 9.53 Å². The lowest BCUT2D eigenvalue weighted by molar-refractivity contribution is -0.116. The van der Waals surface area contributed by atoms with E-state index in [1.165, 1.54) is 6.07 Å². The van der Waals surface area contributed by atoms with Crippen molar-refractivity contribution < 1.29 is 23.1 Å². The van der Waals surface area contributed by atoms with E-state index >= 15 is 0 Å². The van der Waals surface area contributed by atoms with E-state index in [4.69, 9.17) is 4.74 Å². The molecule has 2 aromatic rings. The lowest BCUT2D eigenvalue weighted by Gasteiger charge is -2.11. The van der Waals surface area contributed by atoms with Crippen LogP contribution in [0.3, 0.4) is 0 Å². The number of nitrogens with one attached hydrogen (secondary N) is 2. The van der Waals surface area contributed by atoms with Crippen LogP contribution in [0.15, 0.2) is 42.5 Å². The van der Waals surface area contributed by atoms with Crippen molar-refractivity contribution >= 4 is 23.3 Å². The number of carbonyl (C=O) groups is 2. The molecule has 0 unspecified atom stereocenters. The molecule has 132 valence electrons. The van der Waals surface area contributed by atoms with Crippen LogP contribution in [0.25, 0.3) is 0 Å². The summed E-state index contributed by atoms with van der Waals surface area (Å²) in [6, 6.07) is 10.1. The van der Waals surface area contributed by atoms with Crippen LogP contribution in [0.4, 0.5) is 20.2 Å². The second kappa shape index (κ2) is 8.77. The highest BCUT2D eigenvalue weighted by Gasteiger charge is 2.13. The number of amides is 1. The molecule has 1 amide bonds. The Morgan fingerprint density at radius 1 is 1.04 bits per heavy atom. The van der Waals surface area contributed by atoms with Crippen molar-refractivity contribution in [2.24, 2.45) is 0 Å². The third-order valence-electron chi connectivity index (χ3n) is 3.32. The normalized spacial score (nSPS) is 10.2. The molecule has 0 bridgehead atoms. The van der Waals surface area contributed by atoms with Crippen LogP contribution < -0.4 is 10.6 Å². The van der Waals surface area contributed by atoms with Gasteiger partial charge >= 0.3 is 5.97 Å². The van der Waals surface area contributed by atoms with Crippen molar-refractivity contribution in [3.8, 4) is 0 Å². The molecule has 5 nitrogen and oxygen atoms in total. The lowest BCUT2D eigenvalue weighted by atomic mass is 10.1.